The van der Waals surface area contributed by atoms with E-state index in [9.17, 15) is 9.18 Å². The minimum Gasteiger partial charge on any atom is -0.369 e. The molecule has 0 atom stereocenters. The Morgan fingerprint density at radius 3 is 2.68 bits per heavy atom. The van der Waals surface area contributed by atoms with Crippen LogP contribution >= 0.6 is 11.6 Å². The molecule has 0 bridgehead atoms. The zero-order chi connectivity index (χ0) is 19.7. The summed E-state index contributed by atoms with van der Waals surface area (Å²) in [6.45, 7) is 3.15. The van der Waals surface area contributed by atoms with Crippen molar-refractivity contribution in [3.8, 4) is 0 Å². The molecule has 7 heteroatoms. The molecule has 1 aliphatic heterocycles. The standard InChI is InChI=1S/C21H20ClFN4O/c1-13-2-5-18(25-12-13)26-21(28)14-7-10-27(11-8-14)17-4-3-15-16(22)6-9-24-20(15)19(17)23/h2-6,9,12,14H,7-8,10-11H2,1H3,(H,25,26,28). The molecule has 1 N–H and O–H groups in total. The number of nitrogens with one attached hydrogen (secondary N) is 1. The van der Waals surface area contributed by atoms with Gasteiger partial charge in [-0.25, -0.2) is 9.37 Å². The van der Waals surface area contributed by atoms with E-state index < -0.39 is 0 Å². The first-order valence-corrected chi connectivity index (χ1v) is 9.62. The normalized spacial score (nSPS) is 15.0. The second-order valence-electron chi connectivity index (χ2n) is 7.06. The Hall–Kier alpha value is -2.73. The molecule has 4 rings (SSSR count). The maximum absolute atomic E-state index is 15.0. The Morgan fingerprint density at radius 2 is 1.96 bits per heavy atom. The highest BCUT2D eigenvalue weighted by atomic mass is 35.5. The van der Waals surface area contributed by atoms with Crippen LogP contribution in [0.25, 0.3) is 10.9 Å². The van der Waals surface area contributed by atoms with Gasteiger partial charge in [0.25, 0.3) is 0 Å². The molecule has 1 aromatic carbocycles. The Labute approximate surface area is 167 Å². The Morgan fingerprint density at radius 1 is 1.18 bits per heavy atom. The third kappa shape index (κ3) is 3.64. The third-order valence-electron chi connectivity index (χ3n) is 5.15. The number of aryl methyl sites for hydroxylation is 1. The number of nitrogens with zero attached hydrogens (tertiary/aromatic N) is 3. The van der Waals surface area contributed by atoms with Gasteiger partial charge in [0.2, 0.25) is 5.91 Å². The Kier molecular flexibility index (Phi) is 5.13. The van der Waals surface area contributed by atoms with Gasteiger partial charge >= 0.3 is 0 Å². The number of carbonyl (C=O) groups excluding carboxylic acids is 1. The lowest BCUT2D eigenvalue weighted by Crippen LogP contribution is -2.38. The first-order chi connectivity index (χ1) is 13.5. The van der Waals surface area contributed by atoms with Gasteiger partial charge < -0.3 is 10.2 Å². The van der Waals surface area contributed by atoms with Gasteiger partial charge in [0.05, 0.1) is 10.7 Å². The number of rotatable bonds is 3. The summed E-state index contributed by atoms with van der Waals surface area (Å²) in [5.41, 5.74) is 1.82. The summed E-state index contributed by atoms with van der Waals surface area (Å²) in [6.07, 6.45) is 4.53. The monoisotopic (exact) mass is 398 g/mol. The van der Waals surface area contributed by atoms with E-state index in [2.05, 4.69) is 15.3 Å². The van der Waals surface area contributed by atoms with Gasteiger partial charge in [-0.15, -0.1) is 0 Å². The summed E-state index contributed by atoms with van der Waals surface area (Å²) in [6, 6.07) is 8.89. The summed E-state index contributed by atoms with van der Waals surface area (Å²) >= 11 is 6.13. The minimum absolute atomic E-state index is 0.0385. The van der Waals surface area contributed by atoms with E-state index in [1.54, 1.807) is 30.5 Å². The van der Waals surface area contributed by atoms with Crippen LogP contribution in [0.4, 0.5) is 15.9 Å². The van der Waals surface area contributed by atoms with Crippen LogP contribution in [0.15, 0.2) is 42.7 Å². The topological polar surface area (TPSA) is 58.1 Å². The van der Waals surface area contributed by atoms with Crippen molar-refractivity contribution < 1.29 is 9.18 Å². The van der Waals surface area contributed by atoms with Gasteiger partial charge in [0.15, 0.2) is 5.82 Å². The van der Waals surface area contributed by atoms with E-state index in [-0.39, 0.29) is 23.2 Å². The van der Waals surface area contributed by atoms with Gasteiger partial charge in [0.1, 0.15) is 11.3 Å². The zero-order valence-corrected chi connectivity index (χ0v) is 16.2. The van der Waals surface area contributed by atoms with Gasteiger partial charge in [-0.2, -0.15) is 0 Å². The van der Waals surface area contributed by atoms with E-state index in [0.29, 0.717) is 47.8 Å². The van der Waals surface area contributed by atoms with Crippen LogP contribution < -0.4 is 10.2 Å². The van der Waals surface area contributed by atoms with Crippen LogP contribution in [0.2, 0.25) is 5.02 Å². The molecule has 5 nitrogen and oxygen atoms in total. The molecule has 3 aromatic rings. The highest BCUT2D eigenvalue weighted by Gasteiger charge is 2.27. The number of anilines is 2. The fourth-order valence-corrected chi connectivity index (χ4v) is 3.75. The van der Waals surface area contributed by atoms with Crippen LogP contribution in [0, 0.1) is 18.7 Å². The molecule has 28 heavy (non-hydrogen) atoms. The van der Waals surface area contributed by atoms with Crippen molar-refractivity contribution in [2.45, 2.75) is 19.8 Å². The SMILES string of the molecule is Cc1ccc(NC(=O)C2CCN(c3ccc4c(Cl)ccnc4c3F)CC2)nc1. The molecule has 0 aliphatic carbocycles. The fourth-order valence-electron chi connectivity index (χ4n) is 3.54. The number of amides is 1. The van der Waals surface area contributed by atoms with Crippen molar-refractivity contribution in [2.75, 3.05) is 23.3 Å². The number of hydrogen-bond donors (Lipinski definition) is 1. The molecule has 0 spiro atoms. The number of pyridine rings is 2. The predicted molar refractivity (Wildman–Crippen MR) is 109 cm³/mol. The number of aromatic nitrogens is 2. The number of fused-ring (bicyclic) bond motifs is 1. The molecule has 0 saturated carbocycles. The van der Waals surface area contributed by atoms with Gasteiger partial charge in [0, 0.05) is 36.8 Å². The predicted octanol–water partition coefficient (Wildman–Crippen LogP) is 4.59. The summed E-state index contributed by atoms with van der Waals surface area (Å²) in [5.74, 6) is 0.0344. The minimum atomic E-state index is -0.369. The average molecular weight is 399 g/mol. The second-order valence-corrected chi connectivity index (χ2v) is 7.47. The molecule has 0 unspecified atom stereocenters. The van der Waals surface area contributed by atoms with Crippen molar-refractivity contribution >= 4 is 39.9 Å². The van der Waals surface area contributed by atoms with Crippen molar-refractivity contribution in [1.29, 1.82) is 0 Å². The molecular weight excluding hydrogens is 379 g/mol. The number of halogens is 2. The Bertz CT molecular complexity index is 1020. The van der Waals surface area contributed by atoms with E-state index in [1.807, 2.05) is 17.9 Å². The average Bonchev–Trinajstić information content (AvgIpc) is 2.71. The summed E-state index contributed by atoms with van der Waals surface area (Å²) in [7, 11) is 0. The molecule has 1 aliphatic rings. The molecule has 1 amide bonds. The lowest BCUT2D eigenvalue weighted by Gasteiger charge is -2.33. The first kappa shape index (κ1) is 18.6. The summed E-state index contributed by atoms with van der Waals surface area (Å²) < 4.78 is 15.0. The second kappa shape index (κ2) is 7.72. The number of benzene rings is 1. The highest BCUT2D eigenvalue weighted by molar-refractivity contribution is 6.35. The van der Waals surface area contributed by atoms with Crippen LogP contribution in [0.5, 0.6) is 0 Å². The van der Waals surface area contributed by atoms with Crippen LogP contribution in [0.1, 0.15) is 18.4 Å². The number of piperidine rings is 1. The third-order valence-corrected chi connectivity index (χ3v) is 5.48. The lowest BCUT2D eigenvalue weighted by atomic mass is 9.95. The molecular formula is C21H20ClFN4O. The van der Waals surface area contributed by atoms with E-state index >= 15 is 0 Å². The molecule has 3 heterocycles. The van der Waals surface area contributed by atoms with Crippen molar-refractivity contribution in [3.63, 3.8) is 0 Å². The van der Waals surface area contributed by atoms with Crippen LogP contribution in [0.3, 0.4) is 0 Å². The summed E-state index contributed by atoms with van der Waals surface area (Å²) in [4.78, 5) is 22.8. The molecule has 2 aromatic heterocycles. The van der Waals surface area contributed by atoms with Crippen molar-refractivity contribution in [3.05, 3.63) is 59.1 Å². The largest absolute Gasteiger partial charge is 0.369 e. The summed E-state index contributed by atoms with van der Waals surface area (Å²) in [5, 5.41) is 3.95. The van der Waals surface area contributed by atoms with Crippen molar-refractivity contribution in [2.24, 2.45) is 5.92 Å². The first-order valence-electron chi connectivity index (χ1n) is 9.24. The van der Waals surface area contributed by atoms with Gasteiger partial charge in [-0.3, -0.25) is 9.78 Å². The molecule has 1 fully saturated rings. The smallest absolute Gasteiger partial charge is 0.228 e. The van der Waals surface area contributed by atoms with Gasteiger partial charge in [-0.05, 0) is 49.6 Å². The fraction of sp³-hybridized carbons (Fsp3) is 0.286. The zero-order valence-electron chi connectivity index (χ0n) is 15.5. The van der Waals surface area contributed by atoms with Crippen LogP contribution in [-0.4, -0.2) is 29.0 Å². The molecule has 0 radical (unpaired) electrons. The highest BCUT2D eigenvalue weighted by Crippen LogP contribution is 2.32. The number of carbonyl (C=O) groups is 1. The lowest BCUT2D eigenvalue weighted by molar-refractivity contribution is -0.120. The Balaban J connectivity index is 1.44. The van der Waals surface area contributed by atoms with Crippen molar-refractivity contribution in [1.82, 2.24) is 9.97 Å². The van der Waals surface area contributed by atoms with Crippen LogP contribution in [-0.2, 0) is 4.79 Å². The van der Waals surface area contributed by atoms with E-state index in [4.69, 9.17) is 11.6 Å². The maximum Gasteiger partial charge on any atom is 0.228 e. The number of hydrogen-bond acceptors (Lipinski definition) is 4. The molecule has 144 valence electrons. The van der Waals surface area contributed by atoms with E-state index in [1.165, 1.54) is 6.20 Å². The molecule has 1 saturated heterocycles. The van der Waals surface area contributed by atoms with E-state index in [0.717, 1.165) is 5.56 Å². The maximum atomic E-state index is 15.0. The van der Waals surface area contributed by atoms with Gasteiger partial charge in [-0.1, -0.05) is 17.7 Å². The quantitative estimate of drug-likeness (QED) is 0.701.